The highest BCUT2D eigenvalue weighted by Crippen LogP contribution is 2.34. The van der Waals surface area contributed by atoms with E-state index in [0.29, 0.717) is 36.1 Å². The molecular formula is C23H28FN3O3S. The molecule has 0 radical (unpaired) electrons. The van der Waals surface area contributed by atoms with Crippen LogP contribution in [0.3, 0.4) is 0 Å². The summed E-state index contributed by atoms with van der Waals surface area (Å²) in [5.41, 5.74) is 0.594. The highest BCUT2D eigenvalue weighted by atomic mass is 32.2. The molecule has 2 fully saturated rings. The van der Waals surface area contributed by atoms with Crippen LogP contribution in [0.15, 0.2) is 59.5 Å². The molecule has 1 amide bonds. The first-order valence-electron chi connectivity index (χ1n) is 10.7. The second-order valence-electron chi connectivity index (χ2n) is 8.49. The topological polar surface area (TPSA) is 69.7 Å². The Balaban J connectivity index is 1.34. The Hall–Kier alpha value is -2.29. The van der Waals surface area contributed by atoms with Gasteiger partial charge in [-0.25, -0.2) is 12.8 Å². The van der Waals surface area contributed by atoms with Crippen LogP contribution in [0, 0.1) is 17.7 Å². The number of halogens is 1. The van der Waals surface area contributed by atoms with Crippen LogP contribution in [0.5, 0.6) is 0 Å². The van der Waals surface area contributed by atoms with E-state index in [9.17, 15) is 17.6 Å². The zero-order chi connectivity index (χ0) is 22.0. The van der Waals surface area contributed by atoms with Gasteiger partial charge in [-0.2, -0.15) is 4.31 Å². The first-order valence-corrected chi connectivity index (χ1v) is 12.1. The SMILES string of the molecule is CN1C[C@@H](C(=O)Nc2ccc(F)cc2)C[C@H]1C1CCN(S(=O)(=O)c2ccccc2)CC1. The molecule has 0 aromatic heterocycles. The Bertz CT molecular complexity index is 1010. The van der Waals surface area contributed by atoms with Crippen molar-refractivity contribution in [2.45, 2.75) is 30.2 Å². The van der Waals surface area contributed by atoms with E-state index in [0.717, 1.165) is 19.3 Å². The lowest BCUT2D eigenvalue weighted by Gasteiger charge is -2.36. The Morgan fingerprint density at radius 3 is 2.32 bits per heavy atom. The molecule has 2 aromatic carbocycles. The van der Waals surface area contributed by atoms with Crippen molar-refractivity contribution < 1.29 is 17.6 Å². The summed E-state index contributed by atoms with van der Waals surface area (Å²) in [5, 5.41) is 2.88. The number of piperidine rings is 1. The Morgan fingerprint density at radius 1 is 1.03 bits per heavy atom. The van der Waals surface area contributed by atoms with Crippen LogP contribution in [-0.4, -0.2) is 56.3 Å². The third kappa shape index (κ3) is 4.81. The lowest BCUT2D eigenvalue weighted by atomic mass is 9.87. The van der Waals surface area contributed by atoms with Crippen molar-refractivity contribution in [2.75, 3.05) is 32.0 Å². The number of likely N-dealkylation sites (tertiary alicyclic amines) is 1. The van der Waals surface area contributed by atoms with Gasteiger partial charge in [-0.05, 0) is 68.6 Å². The largest absolute Gasteiger partial charge is 0.326 e. The molecular weight excluding hydrogens is 417 g/mol. The summed E-state index contributed by atoms with van der Waals surface area (Å²) < 4.78 is 40.4. The van der Waals surface area contributed by atoms with Crippen molar-refractivity contribution >= 4 is 21.6 Å². The summed E-state index contributed by atoms with van der Waals surface area (Å²) in [6.45, 7) is 1.66. The average Bonchev–Trinajstić information content (AvgIpc) is 3.18. The van der Waals surface area contributed by atoms with Crippen LogP contribution in [0.25, 0.3) is 0 Å². The van der Waals surface area contributed by atoms with Gasteiger partial charge in [-0.15, -0.1) is 0 Å². The lowest BCUT2D eigenvalue weighted by Crippen LogP contribution is -2.43. The quantitative estimate of drug-likeness (QED) is 0.768. The van der Waals surface area contributed by atoms with Gasteiger partial charge >= 0.3 is 0 Å². The molecule has 8 heteroatoms. The number of benzene rings is 2. The third-order valence-corrected chi connectivity index (χ3v) is 8.42. The van der Waals surface area contributed by atoms with Gasteiger partial charge in [0.25, 0.3) is 0 Å². The summed E-state index contributed by atoms with van der Waals surface area (Å²) in [5.74, 6) is -0.161. The van der Waals surface area contributed by atoms with Gasteiger partial charge in [-0.3, -0.25) is 4.79 Å². The van der Waals surface area contributed by atoms with Gasteiger partial charge < -0.3 is 10.2 Å². The number of hydrogen-bond acceptors (Lipinski definition) is 4. The molecule has 2 aliphatic rings. The molecule has 0 spiro atoms. The highest BCUT2D eigenvalue weighted by molar-refractivity contribution is 7.89. The maximum absolute atomic E-state index is 13.1. The Labute approximate surface area is 183 Å². The van der Waals surface area contributed by atoms with Gasteiger partial charge in [0, 0.05) is 31.4 Å². The minimum absolute atomic E-state index is 0.0509. The van der Waals surface area contributed by atoms with Crippen LogP contribution in [0.1, 0.15) is 19.3 Å². The molecule has 0 bridgehead atoms. The number of nitrogens with zero attached hydrogens (tertiary/aromatic N) is 2. The van der Waals surface area contributed by atoms with E-state index in [1.165, 1.54) is 12.1 Å². The van der Waals surface area contributed by atoms with Crippen LogP contribution in [-0.2, 0) is 14.8 Å². The van der Waals surface area contributed by atoms with E-state index in [2.05, 4.69) is 10.2 Å². The van der Waals surface area contributed by atoms with Gasteiger partial charge in [0.2, 0.25) is 15.9 Å². The van der Waals surface area contributed by atoms with Crippen molar-refractivity contribution in [3.05, 3.63) is 60.4 Å². The van der Waals surface area contributed by atoms with Crippen LogP contribution >= 0.6 is 0 Å². The molecule has 6 nitrogen and oxygen atoms in total. The van der Waals surface area contributed by atoms with Crippen LogP contribution in [0.2, 0.25) is 0 Å². The van der Waals surface area contributed by atoms with E-state index in [1.54, 1.807) is 40.7 Å². The second kappa shape index (κ2) is 9.06. The number of amides is 1. The second-order valence-corrected chi connectivity index (χ2v) is 10.4. The number of carbonyl (C=O) groups is 1. The van der Waals surface area contributed by atoms with E-state index in [1.807, 2.05) is 13.1 Å². The molecule has 0 aliphatic carbocycles. The normalized spacial score (nSPS) is 23.7. The fourth-order valence-corrected chi connectivity index (χ4v) is 6.28. The van der Waals surface area contributed by atoms with Crippen molar-refractivity contribution in [1.82, 2.24) is 9.21 Å². The molecule has 0 unspecified atom stereocenters. The molecule has 4 rings (SSSR count). The molecule has 2 atom stereocenters. The molecule has 1 N–H and O–H groups in total. The van der Waals surface area contributed by atoms with E-state index < -0.39 is 10.0 Å². The van der Waals surface area contributed by atoms with Crippen LogP contribution in [0.4, 0.5) is 10.1 Å². The third-order valence-electron chi connectivity index (χ3n) is 6.51. The maximum Gasteiger partial charge on any atom is 0.243 e. The van der Waals surface area contributed by atoms with Crippen molar-refractivity contribution in [1.29, 1.82) is 0 Å². The minimum atomic E-state index is -3.46. The van der Waals surface area contributed by atoms with E-state index in [-0.39, 0.29) is 23.7 Å². The molecule has 2 aliphatic heterocycles. The van der Waals surface area contributed by atoms with Crippen molar-refractivity contribution in [3.8, 4) is 0 Å². The number of sulfonamides is 1. The number of hydrogen-bond donors (Lipinski definition) is 1. The predicted octanol–water partition coefficient (Wildman–Crippen LogP) is 3.19. The monoisotopic (exact) mass is 445 g/mol. The number of rotatable bonds is 5. The smallest absolute Gasteiger partial charge is 0.243 e. The van der Waals surface area contributed by atoms with Crippen LogP contribution < -0.4 is 5.32 Å². The summed E-state index contributed by atoms with van der Waals surface area (Å²) in [7, 11) is -1.42. The summed E-state index contributed by atoms with van der Waals surface area (Å²) in [4.78, 5) is 15.3. The highest BCUT2D eigenvalue weighted by Gasteiger charge is 2.40. The molecule has 2 aromatic rings. The fourth-order valence-electron chi connectivity index (χ4n) is 4.79. The first-order chi connectivity index (χ1) is 14.8. The van der Waals surface area contributed by atoms with Gasteiger partial charge in [-0.1, -0.05) is 18.2 Å². The Kier molecular flexibility index (Phi) is 6.41. The minimum Gasteiger partial charge on any atom is -0.326 e. The molecule has 166 valence electrons. The van der Waals surface area contributed by atoms with E-state index >= 15 is 0 Å². The van der Waals surface area contributed by atoms with E-state index in [4.69, 9.17) is 0 Å². The molecule has 0 saturated carbocycles. The average molecular weight is 446 g/mol. The maximum atomic E-state index is 13.1. The number of anilines is 1. The summed E-state index contributed by atoms with van der Waals surface area (Å²) in [6, 6.07) is 14.6. The first kappa shape index (κ1) is 21.9. The van der Waals surface area contributed by atoms with Gasteiger partial charge in [0.05, 0.1) is 10.8 Å². The van der Waals surface area contributed by atoms with Gasteiger partial charge in [0.15, 0.2) is 0 Å². The summed E-state index contributed by atoms with van der Waals surface area (Å²) in [6.07, 6.45) is 2.32. The molecule has 2 saturated heterocycles. The van der Waals surface area contributed by atoms with Crippen molar-refractivity contribution in [2.24, 2.45) is 11.8 Å². The standard InChI is InChI=1S/C23H28FN3O3S/c1-26-16-18(23(28)25-20-9-7-19(24)8-10-20)15-22(26)17-11-13-27(14-12-17)31(29,30)21-5-3-2-4-6-21/h2-10,17-18,22H,11-16H2,1H3,(H,25,28)/t18-,22-/m0/s1. The molecule has 31 heavy (non-hydrogen) atoms. The lowest BCUT2D eigenvalue weighted by molar-refractivity contribution is -0.119. The summed E-state index contributed by atoms with van der Waals surface area (Å²) >= 11 is 0. The Morgan fingerprint density at radius 2 is 1.68 bits per heavy atom. The molecule has 2 heterocycles. The van der Waals surface area contributed by atoms with Gasteiger partial charge in [0.1, 0.15) is 5.82 Å². The van der Waals surface area contributed by atoms with Crippen molar-refractivity contribution in [3.63, 3.8) is 0 Å². The number of nitrogens with one attached hydrogen (secondary N) is 1. The fraction of sp³-hybridized carbons (Fsp3) is 0.435. The zero-order valence-electron chi connectivity index (χ0n) is 17.6. The zero-order valence-corrected chi connectivity index (χ0v) is 18.4. The predicted molar refractivity (Wildman–Crippen MR) is 117 cm³/mol. The number of carbonyl (C=O) groups excluding carboxylic acids is 1.